The topological polar surface area (TPSA) is 47.1 Å². The van der Waals surface area contributed by atoms with Crippen molar-refractivity contribution in [2.24, 2.45) is 12.8 Å². The molecule has 1 atom stereocenters. The van der Waals surface area contributed by atoms with Gasteiger partial charge in [-0.05, 0) is 51.8 Å². The maximum Gasteiger partial charge on any atom is 0.0522 e. The van der Waals surface area contributed by atoms with E-state index < -0.39 is 0 Å². The zero-order valence-corrected chi connectivity index (χ0v) is 12.6. The third-order valence-corrected chi connectivity index (χ3v) is 4.54. The predicted molar refractivity (Wildman–Crippen MR) is 79.0 cm³/mol. The molecule has 4 nitrogen and oxygen atoms in total. The van der Waals surface area contributed by atoms with E-state index in [4.69, 9.17) is 5.73 Å². The quantitative estimate of drug-likeness (QED) is 0.904. The van der Waals surface area contributed by atoms with Gasteiger partial charge < -0.3 is 5.73 Å². The lowest BCUT2D eigenvalue weighted by molar-refractivity contribution is 0.0979. The SMILES string of the molecule is Cn1cc(CC(N)C(C)(C)N2CCCCCC2)cn1. The summed E-state index contributed by atoms with van der Waals surface area (Å²) in [5.74, 6) is 0. The van der Waals surface area contributed by atoms with Crippen LogP contribution in [-0.4, -0.2) is 39.4 Å². The van der Waals surface area contributed by atoms with E-state index >= 15 is 0 Å². The molecule has 1 aromatic rings. The lowest BCUT2D eigenvalue weighted by Gasteiger charge is -2.42. The third kappa shape index (κ3) is 3.57. The van der Waals surface area contributed by atoms with E-state index in [1.54, 1.807) is 0 Å². The Hall–Kier alpha value is -0.870. The highest BCUT2D eigenvalue weighted by molar-refractivity contribution is 5.09. The Morgan fingerprint density at radius 1 is 1.26 bits per heavy atom. The van der Waals surface area contributed by atoms with E-state index in [0.717, 1.165) is 6.42 Å². The molecule has 0 spiro atoms. The second-order valence-electron chi connectivity index (χ2n) is 6.39. The molecule has 0 bridgehead atoms. The number of likely N-dealkylation sites (tertiary alicyclic amines) is 1. The first kappa shape index (κ1) is 14.5. The highest BCUT2D eigenvalue weighted by atomic mass is 15.2. The van der Waals surface area contributed by atoms with Crippen LogP contribution in [0.4, 0.5) is 0 Å². The maximum atomic E-state index is 6.50. The summed E-state index contributed by atoms with van der Waals surface area (Å²) in [6.07, 6.45) is 10.2. The van der Waals surface area contributed by atoms with Gasteiger partial charge >= 0.3 is 0 Å². The molecule has 0 aromatic carbocycles. The number of nitrogens with zero attached hydrogens (tertiary/aromatic N) is 3. The summed E-state index contributed by atoms with van der Waals surface area (Å²) in [7, 11) is 1.95. The summed E-state index contributed by atoms with van der Waals surface area (Å²) in [6.45, 7) is 6.96. The first-order valence-electron chi connectivity index (χ1n) is 7.48. The fraction of sp³-hybridized carbons (Fsp3) is 0.800. The summed E-state index contributed by atoms with van der Waals surface area (Å²) in [5, 5.41) is 4.23. The average molecular weight is 264 g/mol. The lowest BCUT2D eigenvalue weighted by atomic mass is 9.88. The van der Waals surface area contributed by atoms with Crippen molar-refractivity contribution in [1.82, 2.24) is 14.7 Å². The summed E-state index contributed by atoms with van der Waals surface area (Å²) >= 11 is 0. The van der Waals surface area contributed by atoms with Crippen LogP contribution in [0.3, 0.4) is 0 Å². The highest BCUT2D eigenvalue weighted by Crippen LogP contribution is 2.24. The Bertz CT molecular complexity index is 389. The first-order chi connectivity index (χ1) is 9.00. The van der Waals surface area contributed by atoms with Gasteiger partial charge in [-0.1, -0.05) is 12.8 Å². The van der Waals surface area contributed by atoms with Gasteiger partial charge in [0.05, 0.1) is 6.20 Å². The van der Waals surface area contributed by atoms with Crippen LogP contribution >= 0.6 is 0 Å². The molecule has 4 heteroatoms. The van der Waals surface area contributed by atoms with Crippen molar-refractivity contribution in [1.29, 1.82) is 0 Å². The number of aryl methyl sites for hydroxylation is 1. The predicted octanol–water partition coefficient (Wildman–Crippen LogP) is 1.94. The molecule has 0 amide bonds. The minimum Gasteiger partial charge on any atom is -0.326 e. The Balaban J connectivity index is 2.00. The van der Waals surface area contributed by atoms with Gasteiger partial charge in [0.1, 0.15) is 0 Å². The molecule has 0 radical (unpaired) electrons. The summed E-state index contributed by atoms with van der Waals surface area (Å²) in [6, 6.07) is 0.148. The van der Waals surface area contributed by atoms with Crippen molar-refractivity contribution in [2.45, 2.75) is 57.5 Å². The minimum atomic E-state index is 0.0557. The Morgan fingerprint density at radius 2 is 1.89 bits per heavy atom. The average Bonchev–Trinajstić information content (AvgIpc) is 2.63. The Labute approximate surface area is 117 Å². The normalized spacial score (nSPS) is 20.2. The molecule has 2 heterocycles. The summed E-state index contributed by atoms with van der Waals surface area (Å²) in [4.78, 5) is 2.58. The fourth-order valence-electron chi connectivity index (χ4n) is 2.96. The van der Waals surface area contributed by atoms with E-state index in [0.29, 0.717) is 0 Å². The van der Waals surface area contributed by atoms with E-state index in [1.165, 1.54) is 44.3 Å². The van der Waals surface area contributed by atoms with E-state index in [2.05, 4.69) is 30.0 Å². The molecular formula is C15H28N4. The summed E-state index contributed by atoms with van der Waals surface area (Å²) < 4.78 is 1.85. The molecular weight excluding hydrogens is 236 g/mol. The molecule has 2 rings (SSSR count). The smallest absolute Gasteiger partial charge is 0.0522 e. The van der Waals surface area contributed by atoms with Crippen molar-refractivity contribution in [3.8, 4) is 0 Å². The van der Waals surface area contributed by atoms with Gasteiger partial charge in [0.2, 0.25) is 0 Å². The van der Waals surface area contributed by atoms with Gasteiger partial charge in [0.15, 0.2) is 0 Å². The van der Waals surface area contributed by atoms with Crippen molar-refractivity contribution in [3.05, 3.63) is 18.0 Å². The molecule has 19 heavy (non-hydrogen) atoms. The van der Waals surface area contributed by atoms with Gasteiger partial charge in [0, 0.05) is 24.8 Å². The van der Waals surface area contributed by atoms with E-state index in [-0.39, 0.29) is 11.6 Å². The van der Waals surface area contributed by atoms with Crippen LogP contribution in [0.25, 0.3) is 0 Å². The van der Waals surface area contributed by atoms with Gasteiger partial charge in [-0.3, -0.25) is 9.58 Å². The zero-order chi connectivity index (χ0) is 13.9. The molecule has 1 unspecified atom stereocenters. The third-order valence-electron chi connectivity index (χ3n) is 4.54. The molecule has 1 fully saturated rings. The second-order valence-corrected chi connectivity index (χ2v) is 6.39. The molecule has 2 N–H and O–H groups in total. The molecule has 1 saturated heterocycles. The van der Waals surface area contributed by atoms with Crippen molar-refractivity contribution in [3.63, 3.8) is 0 Å². The number of nitrogens with two attached hydrogens (primary N) is 1. The Kier molecular flexibility index (Phi) is 4.63. The van der Waals surface area contributed by atoms with Crippen LogP contribution < -0.4 is 5.73 Å². The number of rotatable bonds is 4. The molecule has 108 valence electrons. The van der Waals surface area contributed by atoms with Gasteiger partial charge in [0.25, 0.3) is 0 Å². The number of hydrogen-bond acceptors (Lipinski definition) is 3. The number of hydrogen-bond donors (Lipinski definition) is 1. The molecule has 0 aliphatic carbocycles. The van der Waals surface area contributed by atoms with Crippen LogP contribution in [0.15, 0.2) is 12.4 Å². The van der Waals surface area contributed by atoms with Crippen LogP contribution in [-0.2, 0) is 13.5 Å². The van der Waals surface area contributed by atoms with Gasteiger partial charge in [-0.25, -0.2) is 0 Å². The molecule has 1 aliphatic rings. The fourth-order valence-corrected chi connectivity index (χ4v) is 2.96. The standard InChI is InChI=1S/C15H28N4/c1-15(2,19-8-6-4-5-7-9-19)14(16)10-13-11-17-18(3)12-13/h11-12,14H,4-10,16H2,1-3H3. The van der Waals surface area contributed by atoms with Gasteiger partial charge in [-0.15, -0.1) is 0 Å². The first-order valence-corrected chi connectivity index (χ1v) is 7.48. The van der Waals surface area contributed by atoms with Crippen molar-refractivity contribution < 1.29 is 0 Å². The molecule has 1 aliphatic heterocycles. The lowest BCUT2D eigenvalue weighted by Crippen LogP contribution is -2.57. The number of aromatic nitrogens is 2. The van der Waals surface area contributed by atoms with E-state index in [1.807, 2.05) is 17.9 Å². The monoisotopic (exact) mass is 264 g/mol. The molecule has 0 saturated carbocycles. The summed E-state index contributed by atoms with van der Waals surface area (Å²) in [5.41, 5.74) is 7.79. The maximum absolute atomic E-state index is 6.50. The van der Waals surface area contributed by atoms with Crippen LogP contribution in [0.2, 0.25) is 0 Å². The zero-order valence-electron chi connectivity index (χ0n) is 12.6. The van der Waals surface area contributed by atoms with Crippen LogP contribution in [0, 0.1) is 0 Å². The molecule has 1 aromatic heterocycles. The minimum absolute atomic E-state index is 0.0557. The second kappa shape index (κ2) is 6.06. The van der Waals surface area contributed by atoms with E-state index in [9.17, 15) is 0 Å². The van der Waals surface area contributed by atoms with Gasteiger partial charge in [-0.2, -0.15) is 5.10 Å². The highest BCUT2D eigenvalue weighted by Gasteiger charge is 2.33. The van der Waals surface area contributed by atoms with Crippen molar-refractivity contribution >= 4 is 0 Å². The Morgan fingerprint density at radius 3 is 2.42 bits per heavy atom. The largest absolute Gasteiger partial charge is 0.326 e. The van der Waals surface area contributed by atoms with Crippen molar-refractivity contribution in [2.75, 3.05) is 13.1 Å². The van der Waals surface area contributed by atoms with Crippen LogP contribution in [0.5, 0.6) is 0 Å². The van der Waals surface area contributed by atoms with Crippen LogP contribution in [0.1, 0.15) is 45.1 Å².